The van der Waals surface area contributed by atoms with Crippen molar-refractivity contribution >= 4 is 11.7 Å². The van der Waals surface area contributed by atoms with Crippen molar-refractivity contribution in [2.45, 2.75) is 6.42 Å². The molecular formula is C10H12N6O2. The zero-order valence-corrected chi connectivity index (χ0v) is 9.46. The molecule has 2 heterocycles. The van der Waals surface area contributed by atoms with Gasteiger partial charge in [0.2, 0.25) is 6.39 Å². The average Bonchev–Trinajstić information content (AvgIpc) is 2.92. The van der Waals surface area contributed by atoms with E-state index in [1.807, 2.05) is 0 Å². The van der Waals surface area contributed by atoms with E-state index in [0.29, 0.717) is 30.3 Å². The van der Waals surface area contributed by atoms with Crippen LogP contribution in [-0.2, 0) is 6.42 Å². The highest BCUT2D eigenvalue weighted by atomic mass is 16.5. The van der Waals surface area contributed by atoms with Crippen LogP contribution < -0.4 is 16.6 Å². The molecule has 0 aliphatic rings. The van der Waals surface area contributed by atoms with Gasteiger partial charge in [0.1, 0.15) is 11.5 Å². The second-order valence-corrected chi connectivity index (χ2v) is 3.41. The smallest absolute Gasteiger partial charge is 0.269 e. The number of carbonyl (C=O) groups is 1. The number of amides is 1. The molecule has 8 nitrogen and oxygen atoms in total. The number of pyridine rings is 1. The second kappa shape index (κ2) is 5.73. The molecule has 94 valence electrons. The number of carbonyl (C=O) groups excluding carboxylic acids is 1. The summed E-state index contributed by atoms with van der Waals surface area (Å²) in [7, 11) is 0. The molecule has 0 aromatic carbocycles. The summed E-state index contributed by atoms with van der Waals surface area (Å²) >= 11 is 0. The van der Waals surface area contributed by atoms with E-state index >= 15 is 0 Å². The molecule has 0 bridgehead atoms. The van der Waals surface area contributed by atoms with Crippen molar-refractivity contribution in [2.75, 3.05) is 12.0 Å². The Bertz CT molecular complexity index is 513. The van der Waals surface area contributed by atoms with Gasteiger partial charge in [-0.05, 0) is 12.1 Å². The maximum Gasteiger partial charge on any atom is 0.269 e. The van der Waals surface area contributed by atoms with Crippen LogP contribution in [0.4, 0.5) is 5.82 Å². The van der Waals surface area contributed by atoms with E-state index in [0.717, 1.165) is 0 Å². The number of hydrogen-bond donors (Lipinski definition) is 3. The summed E-state index contributed by atoms with van der Waals surface area (Å²) in [5.41, 5.74) is 2.67. The standard InChI is InChI=1S/C10H12N6O2/c11-15-9-3-1-2-7(14-9)10(17)12-5-4-8-13-6-18-16-8/h1-3,6H,4-5,11H2,(H,12,17)(H,14,15). The van der Waals surface area contributed by atoms with Crippen LogP contribution in [0.15, 0.2) is 29.1 Å². The Labute approximate surface area is 103 Å². The fourth-order valence-corrected chi connectivity index (χ4v) is 1.32. The minimum atomic E-state index is -0.282. The Morgan fingerprint density at radius 2 is 2.33 bits per heavy atom. The third kappa shape index (κ3) is 3.01. The highest BCUT2D eigenvalue weighted by Crippen LogP contribution is 2.02. The largest absolute Gasteiger partial charge is 0.350 e. The lowest BCUT2D eigenvalue weighted by Crippen LogP contribution is -2.27. The SMILES string of the molecule is NNc1cccc(C(=O)NCCc2ncon2)n1. The molecule has 18 heavy (non-hydrogen) atoms. The van der Waals surface area contributed by atoms with Crippen molar-refractivity contribution in [3.63, 3.8) is 0 Å². The molecule has 0 saturated carbocycles. The van der Waals surface area contributed by atoms with E-state index in [-0.39, 0.29) is 5.91 Å². The first kappa shape index (κ1) is 12.0. The number of anilines is 1. The molecule has 4 N–H and O–H groups in total. The summed E-state index contributed by atoms with van der Waals surface area (Å²) in [5.74, 6) is 5.90. The van der Waals surface area contributed by atoms with Gasteiger partial charge in [0.05, 0.1) is 0 Å². The summed E-state index contributed by atoms with van der Waals surface area (Å²) < 4.78 is 4.58. The average molecular weight is 248 g/mol. The summed E-state index contributed by atoms with van der Waals surface area (Å²) in [5, 5.41) is 6.33. The molecule has 0 fully saturated rings. The molecule has 0 saturated heterocycles. The second-order valence-electron chi connectivity index (χ2n) is 3.41. The summed E-state index contributed by atoms with van der Waals surface area (Å²) in [6, 6.07) is 4.96. The molecule has 0 atom stereocenters. The highest BCUT2D eigenvalue weighted by Gasteiger charge is 2.07. The molecule has 2 rings (SSSR count). The molecule has 0 aliphatic carbocycles. The van der Waals surface area contributed by atoms with Crippen LogP contribution in [0.1, 0.15) is 16.3 Å². The number of rotatable bonds is 5. The molecule has 0 radical (unpaired) electrons. The Morgan fingerprint density at radius 3 is 3.06 bits per heavy atom. The van der Waals surface area contributed by atoms with E-state index in [9.17, 15) is 4.79 Å². The molecule has 0 unspecified atom stereocenters. The number of hydrazine groups is 1. The number of nitrogen functional groups attached to an aromatic ring is 1. The first-order valence-electron chi connectivity index (χ1n) is 5.26. The quantitative estimate of drug-likeness (QED) is 0.492. The van der Waals surface area contributed by atoms with Crippen molar-refractivity contribution in [3.8, 4) is 0 Å². The highest BCUT2D eigenvalue weighted by molar-refractivity contribution is 5.92. The molecule has 8 heteroatoms. The van der Waals surface area contributed by atoms with Gasteiger partial charge in [-0.2, -0.15) is 4.98 Å². The molecule has 2 aromatic heterocycles. The Hall–Kier alpha value is -2.48. The minimum Gasteiger partial charge on any atom is -0.350 e. The zero-order chi connectivity index (χ0) is 12.8. The van der Waals surface area contributed by atoms with Gasteiger partial charge in [-0.25, -0.2) is 10.8 Å². The normalized spacial score (nSPS) is 10.1. The fraction of sp³-hybridized carbons (Fsp3) is 0.200. The van der Waals surface area contributed by atoms with Gasteiger partial charge in [0, 0.05) is 13.0 Å². The van der Waals surface area contributed by atoms with Crippen molar-refractivity contribution in [2.24, 2.45) is 5.84 Å². The van der Waals surface area contributed by atoms with Crippen LogP contribution in [0, 0.1) is 0 Å². The van der Waals surface area contributed by atoms with Gasteiger partial charge in [0.25, 0.3) is 5.91 Å². The van der Waals surface area contributed by atoms with E-state index in [2.05, 4.69) is 30.4 Å². The Balaban J connectivity index is 1.87. The van der Waals surface area contributed by atoms with E-state index < -0.39 is 0 Å². The summed E-state index contributed by atoms with van der Waals surface area (Å²) in [4.78, 5) is 19.6. The van der Waals surface area contributed by atoms with Gasteiger partial charge >= 0.3 is 0 Å². The van der Waals surface area contributed by atoms with E-state index in [4.69, 9.17) is 5.84 Å². The molecule has 0 aliphatic heterocycles. The third-order valence-corrected chi connectivity index (χ3v) is 2.17. The summed E-state index contributed by atoms with van der Waals surface area (Å²) in [6.07, 6.45) is 1.74. The van der Waals surface area contributed by atoms with Crippen LogP contribution in [0.5, 0.6) is 0 Å². The predicted molar refractivity (Wildman–Crippen MR) is 62.4 cm³/mol. The van der Waals surface area contributed by atoms with Gasteiger partial charge in [-0.15, -0.1) is 0 Å². The van der Waals surface area contributed by atoms with Gasteiger partial charge < -0.3 is 15.3 Å². The fourth-order valence-electron chi connectivity index (χ4n) is 1.32. The topological polar surface area (TPSA) is 119 Å². The molecule has 1 amide bonds. The van der Waals surface area contributed by atoms with Crippen LogP contribution in [0.3, 0.4) is 0 Å². The van der Waals surface area contributed by atoms with E-state index in [1.165, 1.54) is 6.39 Å². The Kier molecular flexibility index (Phi) is 3.82. The monoisotopic (exact) mass is 248 g/mol. The molecule has 2 aromatic rings. The van der Waals surface area contributed by atoms with Crippen LogP contribution in [0.25, 0.3) is 0 Å². The van der Waals surface area contributed by atoms with Crippen molar-refractivity contribution in [3.05, 3.63) is 36.1 Å². The lowest BCUT2D eigenvalue weighted by molar-refractivity contribution is 0.0949. The number of nitrogens with zero attached hydrogens (tertiary/aromatic N) is 3. The van der Waals surface area contributed by atoms with Crippen LogP contribution in [0.2, 0.25) is 0 Å². The predicted octanol–water partition coefficient (Wildman–Crippen LogP) is -0.277. The van der Waals surface area contributed by atoms with Crippen LogP contribution >= 0.6 is 0 Å². The third-order valence-electron chi connectivity index (χ3n) is 2.17. The van der Waals surface area contributed by atoms with Crippen molar-refractivity contribution < 1.29 is 9.32 Å². The number of aromatic nitrogens is 3. The van der Waals surface area contributed by atoms with E-state index in [1.54, 1.807) is 18.2 Å². The lowest BCUT2D eigenvalue weighted by Gasteiger charge is -2.04. The van der Waals surface area contributed by atoms with Crippen LogP contribution in [-0.4, -0.2) is 27.6 Å². The minimum absolute atomic E-state index is 0.282. The number of hydrogen-bond acceptors (Lipinski definition) is 7. The maximum atomic E-state index is 11.7. The first-order valence-corrected chi connectivity index (χ1v) is 5.26. The molecular weight excluding hydrogens is 236 g/mol. The number of nitrogens with two attached hydrogens (primary N) is 1. The zero-order valence-electron chi connectivity index (χ0n) is 9.46. The number of nitrogens with one attached hydrogen (secondary N) is 2. The van der Waals surface area contributed by atoms with Gasteiger partial charge in [0.15, 0.2) is 5.82 Å². The van der Waals surface area contributed by atoms with Gasteiger partial charge in [-0.1, -0.05) is 11.2 Å². The summed E-state index contributed by atoms with van der Waals surface area (Å²) in [6.45, 7) is 0.403. The lowest BCUT2D eigenvalue weighted by atomic mass is 10.3. The first-order chi connectivity index (χ1) is 8.79. The maximum absolute atomic E-state index is 11.7. The Morgan fingerprint density at radius 1 is 1.44 bits per heavy atom. The van der Waals surface area contributed by atoms with Crippen molar-refractivity contribution in [1.29, 1.82) is 0 Å². The van der Waals surface area contributed by atoms with Gasteiger partial charge in [-0.3, -0.25) is 4.79 Å². The van der Waals surface area contributed by atoms with Crippen molar-refractivity contribution in [1.82, 2.24) is 20.4 Å². The molecule has 0 spiro atoms.